The Morgan fingerprint density at radius 1 is 1.30 bits per heavy atom. The first-order valence-corrected chi connectivity index (χ1v) is 10.2. The molecule has 0 bridgehead atoms. The van der Waals surface area contributed by atoms with Crippen LogP contribution in [-0.2, 0) is 20.9 Å². The minimum Gasteiger partial charge on any atom is -0.375 e. The lowest BCUT2D eigenvalue weighted by Crippen LogP contribution is -2.52. The normalized spacial score (nSPS) is 24.5. The topological polar surface area (TPSA) is 132 Å². The molecule has 4 N–H and O–H groups in total. The molecule has 166 valence electrons. The highest BCUT2D eigenvalue weighted by Gasteiger charge is 2.43. The van der Waals surface area contributed by atoms with Gasteiger partial charge in [-0.1, -0.05) is 0 Å². The summed E-state index contributed by atoms with van der Waals surface area (Å²) >= 11 is 0. The van der Waals surface area contributed by atoms with E-state index in [1.807, 2.05) is 13.8 Å². The lowest BCUT2D eigenvalue weighted by atomic mass is 10.1. The van der Waals surface area contributed by atoms with E-state index in [2.05, 4.69) is 30.8 Å². The number of methoxy groups -OCH3 is 1. The van der Waals surface area contributed by atoms with E-state index in [1.165, 1.54) is 7.11 Å². The number of rotatable bonds is 7. The van der Waals surface area contributed by atoms with E-state index < -0.39 is 6.04 Å². The molecule has 0 unspecified atom stereocenters. The lowest BCUT2D eigenvalue weighted by Gasteiger charge is -2.24. The van der Waals surface area contributed by atoms with Crippen LogP contribution in [0.1, 0.15) is 26.1 Å². The van der Waals surface area contributed by atoms with Gasteiger partial charge in [-0.3, -0.25) is 14.5 Å². The fraction of sp³-hybridized carbons (Fsp3) is 0.684. The number of amides is 4. The molecule has 3 rings (SSSR count). The zero-order valence-corrected chi connectivity index (χ0v) is 17.7. The van der Waals surface area contributed by atoms with Crippen molar-refractivity contribution in [2.45, 2.75) is 51.0 Å². The maximum absolute atomic E-state index is 13.2. The van der Waals surface area contributed by atoms with Crippen molar-refractivity contribution in [2.75, 3.05) is 33.4 Å². The molecular formula is C19H31N7O4. The quantitative estimate of drug-likeness (QED) is 0.448. The number of urea groups is 1. The number of fused-ring (bicyclic) bond motifs is 1. The maximum atomic E-state index is 13.2. The summed E-state index contributed by atoms with van der Waals surface area (Å²) in [6.07, 6.45) is 4.10. The number of hydrogen-bond acceptors (Lipinski definition) is 6. The van der Waals surface area contributed by atoms with Crippen LogP contribution in [0.5, 0.6) is 0 Å². The van der Waals surface area contributed by atoms with Crippen LogP contribution in [0.2, 0.25) is 0 Å². The third-order valence-corrected chi connectivity index (χ3v) is 5.20. The van der Waals surface area contributed by atoms with E-state index in [1.54, 1.807) is 17.3 Å². The monoisotopic (exact) mass is 421 g/mol. The average molecular weight is 422 g/mol. The smallest absolute Gasteiger partial charge is 0.315 e. The van der Waals surface area contributed by atoms with E-state index >= 15 is 0 Å². The van der Waals surface area contributed by atoms with Gasteiger partial charge >= 0.3 is 6.03 Å². The van der Waals surface area contributed by atoms with Crippen LogP contribution in [0.3, 0.4) is 0 Å². The molecule has 4 amide bonds. The first kappa shape index (κ1) is 22.0. The number of imidazole rings is 1. The molecule has 0 aliphatic carbocycles. The number of aromatic amines is 1. The van der Waals surface area contributed by atoms with E-state index in [4.69, 9.17) is 4.74 Å². The van der Waals surface area contributed by atoms with Gasteiger partial charge in [0, 0.05) is 51.2 Å². The molecule has 1 aromatic heterocycles. The molecule has 1 aromatic rings. The second-order valence-corrected chi connectivity index (χ2v) is 8.13. The van der Waals surface area contributed by atoms with Gasteiger partial charge in [0.1, 0.15) is 18.5 Å². The van der Waals surface area contributed by atoms with Gasteiger partial charge in [0.05, 0.1) is 12.6 Å². The summed E-state index contributed by atoms with van der Waals surface area (Å²) < 4.78 is 4.88. The summed E-state index contributed by atoms with van der Waals surface area (Å²) in [5, 5.41) is 8.56. The first-order chi connectivity index (χ1) is 14.4. The fourth-order valence-electron chi connectivity index (χ4n) is 4.06. The van der Waals surface area contributed by atoms with Gasteiger partial charge < -0.3 is 30.6 Å². The molecule has 2 aliphatic rings. The summed E-state index contributed by atoms with van der Waals surface area (Å²) in [6.45, 7) is 5.65. The van der Waals surface area contributed by atoms with Crippen molar-refractivity contribution in [3.8, 4) is 0 Å². The molecule has 3 atom stereocenters. The van der Waals surface area contributed by atoms with Gasteiger partial charge in [0.2, 0.25) is 11.8 Å². The maximum Gasteiger partial charge on any atom is 0.315 e. The molecule has 11 nitrogen and oxygen atoms in total. The van der Waals surface area contributed by atoms with Crippen molar-refractivity contribution in [2.24, 2.45) is 0 Å². The number of ether oxygens (including phenoxy) is 1. The minimum atomic E-state index is -0.684. The number of aromatic nitrogens is 2. The zero-order chi connectivity index (χ0) is 21.7. The van der Waals surface area contributed by atoms with Crippen LogP contribution < -0.4 is 16.0 Å². The highest BCUT2D eigenvalue weighted by atomic mass is 16.5. The van der Waals surface area contributed by atoms with Crippen LogP contribution in [0.4, 0.5) is 4.79 Å². The van der Waals surface area contributed by atoms with Crippen molar-refractivity contribution in [3.05, 3.63) is 18.2 Å². The van der Waals surface area contributed by atoms with Crippen LogP contribution in [-0.4, -0.2) is 95.1 Å². The van der Waals surface area contributed by atoms with E-state index in [0.29, 0.717) is 32.6 Å². The molecular weight excluding hydrogens is 390 g/mol. The van der Waals surface area contributed by atoms with Crippen LogP contribution in [0.25, 0.3) is 0 Å². The van der Waals surface area contributed by atoms with Crippen molar-refractivity contribution in [3.63, 3.8) is 0 Å². The van der Waals surface area contributed by atoms with E-state index in [-0.39, 0.29) is 42.6 Å². The predicted octanol–water partition coefficient (Wildman–Crippen LogP) is -0.966. The Labute approximate surface area is 175 Å². The van der Waals surface area contributed by atoms with Gasteiger partial charge in [-0.25, -0.2) is 9.78 Å². The first-order valence-electron chi connectivity index (χ1n) is 10.2. The van der Waals surface area contributed by atoms with Crippen molar-refractivity contribution in [1.29, 1.82) is 0 Å². The highest BCUT2D eigenvalue weighted by Crippen LogP contribution is 2.24. The summed E-state index contributed by atoms with van der Waals surface area (Å²) in [5.41, 5.74) is 0. The second-order valence-electron chi connectivity index (χ2n) is 8.13. The molecule has 3 heterocycles. The Hall–Kier alpha value is -2.66. The van der Waals surface area contributed by atoms with Crippen LogP contribution >= 0.6 is 0 Å². The van der Waals surface area contributed by atoms with Gasteiger partial charge in [0.15, 0.2) is 0 Å². The second kappa shape index (κ2) is 9.90. The average Bonchev–Trinajstić information content (AvgIpc) is 3.27. The lowest BCUT2D eigenvalue weighted by molar-refractivity contribution is -0.137. The van der Waals surface area contributed by atoms with Crippen LogP contribution in [0.15, 0.2) is 12.4 Å². The predicted molar refractivity (Wildman–Crippen MR) is 108 cm³/mol. The van der Waals surface area contributed by atoms with Crippen LogP contribution in [0, 0.1) is 0 Å². The number of hydrogen-bond donors (Lipinski definition) is 4. The Morgan fingerprint density at radius 3 is 2.77 bits per heavy atom. The van der Waals surface area contributed by atoms with Crippen molar-refractivity contribution >= 4 is 17.8 Å². The largest absolute Gasteiger partial charge is 0.375 e. The Bertz CT molecular complexity index is 739. The SMILES string of the molecule is COCC(=O)N[C@H]1CN(Cc2ncc[nH]2)C[C@@H]2C[C@H](NC(=O)NC(C)C)CN2C1=O. The molecule has 11 heteroatoms. The number of nitrogens with one attached hydrogen (secondary N) is 4. The third kappa shape index (κ3) is 5.70. The molecule has 2 fully saturated rings. The number of carbonyl (C=O) groups excluding carboxylic acids is 3. The Kier molecular flexibility index (Phi) is 7.27. The molecule has 0 saturated carbocycles. The molecule has 0 radical (unpaired) electrons. The Morgan fingerprint density at radius 2 is 2.10 bits per heavy atom. The van der Waals surface area contributed by atoms with Crippen molar-refractivity contribution in [1.82, 2.24) is 35.7 Å². The number of carbonyl (C=O) groups is 3. The summed E-state index contributed by atoms with van der Waals surface area (Å²) in [7, 11) is 1.44. The van der Waals surface area contributed by atoms with Gasteiger partial charge in [0.25, 0.3) is 0 Å². The highest BCUT2D eigenvalue weighted by molar-refractivity contribution is 5.89. The van der Waals surface area contributed by atoms with Gasteiger partial charge in [-0.2, -0.15) is 0 Å². The summed E-state index contributed by atoms with van der Waals surface area (Å²) in [6, 6.07) is -1.09. The molecule has 0 spiro atoms. The van der Waals surface area contributed by atoms with Gasteiger partial charge in [-0.05, 0) is 20.3 Å². The molecule has 2 saturated heterocycles. The van der Waals surface area contributed by atoms with E-state index in [0.717, 1.165) is 5.82 Å². The molecule has 2 aliphatic heterocycles. The standard InChI is InChI=1S/C19H31N7O4/c1-12(2)22-19(29)23-13-6-14-8-25(10-16-20-4-5-21-16)9-15(18(28)26(14)7-13)24-17(27)11-30-3/h4-5,12-15H,6-11H2,1-3H3,(H,20,21)(H,24,27)(H2,22,23,29)/t13-,14-,15-/m0/s1. The summed E-state index contributed by atoms with van der Waals surface area (Å²) in [4.78, 5) is 48.6. The number of nitrogens with zero attached hydrogens (tertiary/aromatic N) is 3. The van der Waals surface area contributed by atoms with E-state index in [9.17, 15) is 14.4 Å². The van der Waals surface area contributed by atoms with Gasteiger partial charge in [-0.15, -0.1) is 0 Å². The third-order valence-electron chi connectivity index (χ3n) is 5.20. The summed E-state index contributed by atoms with van der Waals surface area (Å²) in [5.74, 6) is 0.319. The molecule has 0 aromatic carbocycles. The minimum absolute atomic E-state index is 0.0305. The fourth-order valence-corrected chi connectivity index (χ4v) is 4.06. The zero-order valence-electron chi connectivity index (χ0n) is 17.7. The van der Waals surface area contributed by atoms with Crippen molar-refractivity contribution < 1.29 is 19.1 Å². The Balaban J connectivity index is 1.72. The molecule has 30 heavy (non-hydrogen) atoms. The number of H-pyrrole nitrogens is 1.